The summed E-state index contributed by atoms with van der Waals surface area (Å²) in [6.07, 6.45) is 0. The van der Waals surface area contributed by atoms with Crippen LogP contribution in [0.1, 0.15) is 13.8 Å². The molecule has 0 heterocycles. The van der Waals surface area contributed by atoms with Crippen LogP contribution in [0.15, 0.2) is 35.5 Å². The molecule has 4 nitrogen and oxygen atoms in total. The summed E-state index contributed by atoms with van der Waals surface area (Å²) >= 11 is 0. The zero-order valence-electron chi connectivity index (χ0n) is 8.77. The second kappa shape index (κ2) is 5.80. The van der Waals surface area contributed by atoms with Gasteiger partial charge in [-0.3, -0.25) is 0 Å². The molecular weight excluding hydrogens is 194 g/mol. The third-order valence-electron chi connectivity index (χ3n) is 1.43. The van der Waals surface area contributed by atoms with Crippen molar-refractivity contribution in [2.45, 2.75) is 13.8 Å². The Morgan fingerprint density at radius 1 is 1.27 bits per heavy atom. The average molecular weight is 207 g/mol. The lowest BCUT2D eigenvalue weighted by Crippen LogP contribution is -2.12. The molecule has 4 heteroatoms. The van der Waals surface area contributed by atoms with E-state index in [9.17, 15) is 4.79 Å². The van der Waals surface area contributed by atoms with E-state index >= 15 is 0 Å². The van der Waals surface area contributed by atoms with Gasteiger partial charge in [0.15, 0.2) is 6.61 Å². The van der Waals surface area contributed by atoms with E-state index < -0.39 is 5.97 Å². The summed E-state index contributed by atoms with van der Waals surface area (Å²) in [5, 5.41) is 3.52. The highest BCUT2D eigenvalue weighted by molar-refractivity contribution is 5.80. The van der Waals surface area contributed by atoms with Gasteiger partial charge in [-0.2, -0.15) is 0 Å². The summed E-state index contributed by atoms with van der Waals surface area (Å²) in [5.41, 5.74) is 0.683. The number of hydrogen-bond donors (Lipinski definition) is 0. The van der Waals surface area contributed by atoms with E-state index in [1.165, 1.54) is 0 Å². The Balaban J connectivity index is 2.32. The number of para-hydroxylation sites is 1. The third-order valence-corrected chi connectivity index (χ3v) is 1.43. The number of rotatable bonds is 4. The topological polar surface area (TPSA) is 47.9 Å². The fraction of sp³-hybridized carbons (Fsp3) is 0.273. The van der Waals surface area contributed by atoms with Crippen molar-refractivity contribution in [1.82, 2.24) is 0 Å². The zero-order chi connectivity index (χ0) is 11.1. The highest BCUT2D eigenvalue weighted by Crippen LogP contribution is 2.07. The van der Waals surface area contributed by atoms with Crippen LogP contribution in [0.5, 0.6) is 5.75 Å². The number of carbonyl (C=O) groups is 1. The monoisotopic (exact) mass is 207 g/mol. The van der Waals surface area contributed by atoms with Gasteiger partial charge < -0.3 is 9.57 Å². The lowest BCUT2D eigenvalue weighted by Gasteiger charge is -2.02. The van der Waals surface area contributed by atoms with Crippen molar-refractivity contribution < 1.29 is 14.4 Å². The van der Waals surface area contributed by atoms with Crippen molar-refractivity contribution in [1.29, 1.82) is 0 Å². The fourth-order valence-corrected chi connectivity index (χ4v) is 0.828. The van der Waals surface area contributed by atoms with Crippen molar-refractivity contribution in [3.8, 4) is 5.75 Å². The summed E-state index contributed by atoms with van der Waals surface area (Å²) in [7, 11) is 0. The molecule has 0 radical (unpaired) electrons. The smallest absolute Gasteiger partial charge is 0.372 e. The van der Waals surface area contributed by atoms with Gasteiger partial charge in [-0.05, 0) is 26.0 Å². The van der Waals surface area contributed by atoms with Crippen LogP contribution in [0.2, 0.25) is 0 Å². The molecule has 0 saturated carbocycles. The van der Waals surface area contributed by atoms with Crippen LogP contribution >= 0.6 is 0 Å². The normalized spacial score (nSPS) is 9.20. The summed E-state index contributed by atoms with van der Waals surface area (Å²) < 4.78 is 5.16. The summed E-state index contributed by atoms with van der Waals surface area (Å²) in [6.45, 7) is 3.34. The largest absolute Gasteiger partial charge is 0.482 e. The molecule has 1 aromatic carbocycles. The summed E-state index contributed by atoms with van der Waals surface area (Å²) in [5.74, 6) is 0.117. The van der Waals surface area contributed by atoms with Gasteiger partial charge in [0.2, 0.25) is 0 Å². The minimum Gasteiger partial charge on any atom is -0.482 e. The van der Waals surface area contributed by atoms with Crippen LogP contribution in [0, 0.1) is 0 Å². The lowest BCUT2D eigenvalue weighted by atomic mass is 10.3. The Labute approximate surface area is 88.5 Å². The van der Waals surface area contributed by atoms with Crippen molar-refractivity contribution in [2.24, 2.45) is 5.16 Å². The first-order chi connectivity index (χ1) is 7.18. The zero-order valence-corrected chi connectivity index (χ0v) is 8.77. The van der Waals surface area contributed by atoms with Crippen LogP contribution in [-0.2, 0) is 9.63 Å². The summed E-state index contributed by atoms with van der Waals surface area (Å²) in [4.78, 5) is 15.6. The summed E-state index contributed by atoms with van der Waals surface area (Å²) in [6, 6.07) is 9.06. The molecule has 0 amide bonds. The van der Waals surface area contributed by atoms with E-state index in [2.05, 4.69) is 9.99 Å². The van der Waals surface area contributed by atoms with Gasteiger partial charge in [0.1, 0.15) is 5.75 Å². The van der Waals surface area contributed by atoms with Crippen molar-refractivity contribution in [2.75, 3.05) is 6.61 Å². The minimum absolute atomic E-state index is 0.138. The molecule has 80 valence electrons. The highest BCUT2D eigenvalue weighted by Gasteiger charge is 2.03. The number of oxime groups is 1. The first-order valence-electron chi connectivity index (χ1n) is 4.57. The van der Waals surface area contributed by atoms with Crippen LogP contribution in [0.25, 0.3) is 0 Å². The van der Waals surface area contributed by atoms with E-state index in [1.807, 2.05) is 18.2 Å². The van der Waals surface area contributed by atoms with E-state index in [-0.39, 0.29) is 6.61 Å². The molecule has 0 aliphatic heterocycles. The van der Waals surface area contributed by atoms with Gasteiger partial charge in [0.25, 0.3) is 0 Å². The molecule has 0 spiro atoms. The molecule has 0 aliphatic carbocycles. The molecule has 0 fully saturated rings. The predicted molar refractivity (Wildman–Crippen MR) is 56.8 cm³/mol. The van der Waals surface area contributed by atoms with Crippen LogP contribution in [0.3, 0.4) is 0 Å². The second-order valence-electron chi connectivity index (χ2n) is 3.10. The van der Waals surface area contributed by atoms with E-state index in [1.54, 1.807) is 26.0 Å². The van der Waals surface area contributed by atoms with Gasteiger partial charge in [-0.1, -0.05) is 23.4 Å². The average Bonchev–Trinajstić information content (AvgIpc) is 2.25. The Morgan fingerprint density at radius 2 is 1.93 bits per heavy atom. The fourth-order valence-electron chi connectivity index (χ4n) is 0.828. The molecule has 0 atom stereocenters. The van der Waals surface area contributed by atoms with Crippen LogP contribution in [-0.4, -0.2) is 18.3 Å². The Hall–Kier alpha value is -1.84. The molecule has 0 aromatic heterocycles. The Bertz CT molecular complexity index is 342. The Morgan fingerprint density at radius 3 is 2.53 bits per heavy atom. The third kappa shape index (κ3) is 4.81. The van der Waals surface area contributed by atoms with E-state index in [0.29, 0.717) is 11.5 Å². The van der Waals surface area contributed by atoms with E-state index in [4.69, 9.17) is 4.74 Å². The number of nitrogens with zero attached hydrogens (tertiary/aromatic N) is 1. The lowest BCUT2D eigenvalue weighted by molar-refractivity contribution is -0.146. The molecule has 0 N–H and O–H groups in total. The van der Waals surface area contributed by atoms with Crippen molar-refractivity contribution in [3.63, 3.8) is 0 Å². The Kier molecular flexibility index (Phi) is 4.34. The molecule has 0 aliphatic rings. The van der Waals surface area contributed by atoms with Gasteiger partial charge >= 0.3 is 5.97 Å². The molecule has 1 aromatic rings. The quantitative estimate of drug-likeness (QED) is 0.431. The first-order valence-corrected chi connectivity index (χ1v) is 4.57. The van der Waals surface area contributed by atoms with Crippen LogP contribution in [0.4, 0.5) is 0 Å². The van der Waals surface area contributed by atoms with Crippen LogP contribution < -0.4 is 4.74 Å². The van der Waals surface area contributed by atoms with E-state index in [0.717, 1.165) is 0 Å². The molecule has 0 bridgehead atoms. The SMILES string of the molecule is CC(C)=NOC(=O)COc1ccccc1. The first kappa shape index (κ1) is 11.2. The molecule has 1 rings (SSSR count). The number of carbonyl (C=O) groups excluding carboxylic acids is 1. The molecule has 15 heavy (non-hydrogen) atoms. The maximum Gasteiger partial charge on any atom is 0.372 e. The standard InChI is InChI=1S/C11H13NO3/c1-9(2)12-15-11(13)8-14-10-6-4-3-5-7-10/h3-7H,8H2,1-2H3. The molecular formula is C11H13NO3. The number of ether oxygens (including phenoxy) is 1. The van der Waals surface area contributed by atoms with Gasteiger partial charge in [0, 0.05) is 0 Å². The van der Waals surface area contributed by atoms with Gasteiger partial charge in [0.05, 0.1) is 5.71 Å². The van der Waals surface area contributed by atoms with Gasteiger partial charge in [-0.25, -0.2) is 4.79 Å². The molecule has 0 saturated heterocycles. The minimum atomic E-state index is -0.514. The predicted octanol–water partition coefficient (Wildman–Crippen LogP) is 2.00. The van der Waals surface area contributed by atoms with Crippen molar-refractivity contribution in [3.05, 3.63) is 30.3 Å². The number of hydrogen-bond acceptors (Lipinski definition) is 4. The second-order valence-corrected chi connectivity index (χ2v) is 3.10. The molecule has 0 unspecified atom stereocenters. The van der Waals surface area contributed by atoms with Crippen molar-refractivity contribution >= 4 is 11.7 Å². The number of benzene rings is 1. The van der Waals surface area contributed by atoms with Gasteiger partial charge in [-0.15, -0.1) is 0 Å². The maximum absolute atomic E-state index is 11.1. The maximum atomic E-state index is 11.1. The highest BCUT2D eigenvalue weighted by atomic mass is 16.7.